The smallest absolute Gasteiger partial charge is 0.158 e. The number of anilines is 2. The molecule has 1 aromatic heterocycles. The maximum absolute atomic E-state index is 4.78. The summed E-state index contributed by atoms with van der Waals surface area (Å²) in [5.74, 6) is 2.06. The molecule has 18 heavy (non-hydrogen) atoms. The molecular formula is C15H17N3. The first-order valence-corrected chi connectivity index (χ1v) is 6.40. The molecule has 0 unspecified atom stereocenters. The van der Waals surface area contributed by atoms with Crippen LogP contribution in [-0.4, -0.2) is 18.1 Å². The van der Waals surface area contributed by atoms with E-state index >= 15 is 0 Å². The summed E-state index contributed by atoms with van der Waals surface area (Å²) in [5, 5.41) is 1.18. The van der Waals surface area contributed by atoms with Crippen molar-refractivity contribution in [3.8, 4) is 0 Å². The van der Waals surface area contributed by atoms with Gasteiger partial charge in [-0.2, -0.15) is 0 Å². The number of para-hydroxylation sites is 1. The molecule has 3 rings (SSSR count). The Balaban J connectivity index is 2.26. The molecule has 0 saturated heterocycles. The van der Waals surface area contributed by atoms with Gasteiger partial charge in [0.25, 0.3) is 0 Å². The fourth-order valence-electron chi connectivity index (χ4n) is 2.58. The van der Waals surface area contributed by atoms with Gasteiger partial charge in [-0.1, -0.05) is 24.8 Å². The predicted octanol–water partition coefficient (Wildman–Crippen LogP) is 3.37. The molecule has 3 heteroatoms. The number of hydrogen-bond donors (Lipinski definition) is 0. The van der Waals surface area contributed by atoms with E-state index in [0.717, 1.165) is 30.2 Å². The molecule has 0 bridgehead atoms. The molecule has 2 heterocycles. The third kappa shape index (κ3) is 1.40. The number of hydrogen-bond acceptors (Lipinski definition) is 3. The van der Waals surface area contributed by atoms with E-state index in [-0.39, 0.29) is 0 Å². The highest BCUT2D eigenvalue weighted by molar-refractivity contribution is 5.91. The lowest BCUT2D eigenvalue weighted by Gasteiger charge is -2.21. The number of fused-ring (bicyclic) bond motifs is 2. The molecule has 0 atom stereocenters. The zero-order valence-corrected chi connectivity index (χ0v) is 10.8. The fraction of sp³-hybridized carbons (Fsp3) is 0.267. The lowest BCUT2D eigenvalue weighted by Crippen LogP contribution is -2.27. The molecule has 1 aromatic carbocycles. The van der Waals surface area contributed by atoms with E-state index in [4.69, 9.17) is 4.98 Å². The third-order valence-corrected chi connectivity index (χ3v) is 3.49. The first kappa shape index (κ1) is 11.1. The van der Waals surface area contributed by atoms with Crippen molar-refractivity contribution in [1.29, 1.82) is 0 Å². The highest BCUT2D eigenvalue weighted by atomic mass is 15.4. The maximum atomic E-state index is 4.78. The molecular weight excluding hydrogens is 222 g/mol. The molecule has 0 fully saturated rings. The van der Waals surface area contributed by atoms with Gasteiger partial charge in [0.15, 0.2) is 5.82 Å². The summed E-state index contributed by atoms with van der Waals surface area (Å²) in [6.45, 7) is 10.3. The van der Waals surface area contributed by atoms with E-state index in [1.54, 1.807) is 0 Å². The molecule has 0 radical (unpaired) electrons. The number of pyridine rings is 1. The molecule has 0 aliphatic carbocycles. The fourth-order valence-corrected chi connectivity index (χ4v) is 2.58. The van der Waals surface area contributed by atoms with Gasteiger partial charge in [0.1, 0.15) is 5.82 Å². The van der Waals surface area contributed by atoms with Crippen molar-refractivity contribution < 1.29 is 0 Å². The second-order valence-corrected chi connectivity index (χ2v) is 4.43. The molecule has 2 aromatic rings. The van der Waals surface area contributed by atoms with Crippen molar-refractivity contribution in [3.63, 3.8) is 0 Å². The number of aromatic nitrogens is 1. The van der Waals surface area contributed by atoms with Crippen LogP contribution in [0.5, 0.6) is 0 Å². The number of rotatable bonds is 2. The minimum atomic E-state index is 0.897. The van der Waals surface area contributed by atoms with Crippen LogP contribution < -0.4 is 9.80 Å². The summed E-state index contributed by atoms with van der Waals surface area (Å²) in [4.78, 5) is 9.17. The average molecular weight is 239 g/mol. The highest BCUT2D eigenvalue weighted by Crippen LogP contribution is 2.40. The lowest BCUT2D eigenvalue weighted by molar-refractivity contribution is 0.899. The summed E-state index contributed by atoms with van der Waals surface area (Å²) < 4.78 is 0. The van der Waals surface area contributed by atoms with Crippen LogP contribution in [0.2, 0.25) is 0 Å². The molecule has 92 valence electrons. The zero-order chi connectivity index (χ0) is 12.7. The molecule has 1 aliphatic rings. The molecule has 3 nitrogen and oxygen atoms in total. The Morgan fingerprint density at radius 3 is 2.56 bits per heavy atom. The van der Waals surface area contributed by atoms with Crippen LogP contribution in [0.4, 0.5) is 11.5 Å². The van der Waals surface area contributed by atoms with Crippen LogP contribution in [0.3, 0.4) is 0 Å². The monoisotopic (exact) mass is 239 g/mol. The largest absolute Gasteiger partial charge is 0.325 e. The minimum absolute atomic E-state index is 0.897. The molecule has 0 N–H and O–H groups in total. The van der Waals surface area contributed by atoms with E-state index in [1.165, 1.54) is 11.1 Å². The van der Waals surface area contributed by atoms with Gasteiger partial charge < -0.3 is 9.80 Å². The van der Waals surface area contributed by atoms with Crippen molar-refractivity contribution in [1.82, 2.24) is 4.98 Å². The van der Waals surface area contributed by atoms with Gasteiger partial charge in [-0.3, -0.25) is 0 Å². The maximum Gasteiger partial charge on any atom is 0.158 e. The molecule has 0 amide bonds. The summed E-state index contributed by atoms with van der Waals surface area (Å²) >= 11 is 0. The number of nitrogens with zero attached hydrogens (tertiary/aromatic N) is 3. The van der Waals surface area contributed by atoms with E-state index < -0.39 is 0 Å². The zero-order valence-electron chi connectivity index (χ0n) is 10.8. The number of benzene rings is 1. The van der Waals surface area contributed by atoms with Gasteiger partial charge in [-0.05, 0) is 26.0 Å². The first-order valence-electron chi connectivity index (χ1n) is 6.40. The second-order valence-electron chi connectivity index (χ2n) is 4.43. The Kier molecular flexibility index (Phi) is 2.47. The average Bonchev–Trinajstić information content (AvgIpc) is 2.66. The van der Waals surface area contributed by atoms with Crippen molar-refractivity contribution in [2.24, 2.45) is 0 Å². The predicted molar refractivity (Wildman–Crippen MR) is 76.9 cm³/mol. The lowest BCUT2D eigenvalue weighted by atomic mass is 10.2. The molecule has 0 saturated carbocycles. The summed E-state index contributed by atoms with van der Waals surface area (Å²) in [6, 6.07) is 10.4. The molecule has 1 aliphatic heterocycles. The Morgan fingerprint density at radius 2 is 1.83 bits per heavy atom. The van der Waals surface area contributed by atoms with Gasteiger partial charge in [-0.15, -0.1) is 0 Å². The van der Waals surface area contributed by atoms with Gasteiger partial charge in [0.2, 0.25) is 0 Å². The summed E-state index contributed by atoms with van der Waals surface area (Å²) in [7, 11) is 0. The minimum Gasteiger partial charge on any atom is -0.325 e. The van der Waals surface area contributed by atoms with Crippen molar-refractivity contribution in [2.45, 2.75) is 13.8 Å². The van der Waals surface area contributed by atoms with E-state index in [0.29, 0.717) is 0 Å². The van der Waals surface area contributed by atoms with E-state index in [1.807, 2.05) is 12.1 Å². The molecule has 0 spiro atoms. The van der Waals surface area contributed by atoms with Crippen LogP contribution in [-0.2, 0) is 0 Å². The first-order chi connectivity index (χ1) is 8.76. The summed E-state index contributed by atoms with van der Waals surface area (Å²) in [5.41, 5.74) is 2.21. The van der Waals surface area contributed by atoms with Gasteiger partial charge in [-0.25, -0.2) is 4.98 Å². The van der Waals surface area contributed by atoms with Crippen LogP contribution in [0.25, 0.3) is 10.9 Å². The normalized spacial score (nSPS) is 14.4. The topological polar surface area (TPSA) is 19.4 Å². The Hall–Kier alpha value is -2.03. The van der Waals surface area contributed by atoms with E-state index in [9.17, 15) is 0 Å². The van der Waals surface area contributed by atoms with Gasteiger partial charge in [0, 0.05) is 18.5 Å². The van der Waals surface area contributed by atoms with Crippen molar-refractivity contribution in [2.75, 3.05) is 22.9 Å². The Bertz CT molecular complexity index is 566. The standard InChI is InChI=1S/C15H17N3/c1-4-17-11(3)18(5-2)15-14(17)10-12-8-6-7-9-13(12)16-15/h6-10H,3-5H2,1-2H3. The van der Waals surface area contributed by atoms with Gasteiger partial charge in [0.05, 0.1) is 11.2 Å². The van der Waals surface area contributed by atoms with Crippen LogP contribution >= 0.6 is 0 Å². The van der Waals surface area contributed by atoms with Crippen LogP contribution in [0.15, 0.2) is 42.7 Å². The van der Waals surface area contributed by atoms with Crippen molar-refractivity contribution in [3.05, 3.63) is 42.7 Å². The van der Waals surface area contributed by atoms with Crippen LogP contribution in [0, 0.1) is 0 Å². The van der Waals surface area contributed by atoms with Crippen LogP contribution in [0.1, 0.15) is 13.8 Å². The van der Waals surface area contributed by atoms with Crippen molar-refractivity contribution >= 4 is 22.4 Å². The highest BCUT2D eigenvalue weighted by Gasteiger charge is 2.29. The SMILES string of the molecule is C=C1N(CC)c2cc3ccccc3nc2N1CC. The summed E-state index contributed by atoms with van der Waals surface area (Å²) in [6.07, 6.45) is 0. The Morgan fingerprint density at radius 1 is 1.11 bits per heavy atom. The third-order valence-electron chi connectivity index (χ3n) is 3.49. The second kappa shape index (κ2) is 4.02. The quantitative estimate of drug-likeness (QED) is 0.801. The Labute approximate surface area is 107 Å². The van der Waals surface area contributed by atoms with Gasteiger partial charge >= 0.3 is 0 Å². The van der Waals surface area contributed by atoms with E-state index in [2.05, 4.69) is 48.4 Å².